The number of hydrogen-bond acceptors (Lipinski definition) is 4. The van der Waals surface area contributed by atoms with E-state index >= 15 is 0 Å². The predicted molar refractivity (Wildman–Crippen MR) is 102 cm³/mol. The van der Waals surface area contributed by atoms with Gasteiger partial charge in [0.1, 0.15) is 19.0 Å². The molecule has 0 saturated carbocycles. The van der Waals surface area contributed by atoms with Crippen LogP contribution in [0.15, 0.2) is 42.5 Å². The smallest absolute Gasteiger partial charge is 0.264 e. The molecule has 0 radical (unpaired) electrons. The lowest BCUT2D eigenvalue weighted by atomic mass is 10.0. The molecule has 0 spiro atoms. The minimum Gasteiger partial charge on any atom is -0.486 e. The van der Waals surface area contributed by atoms with Crippen molar-refractivity contribution in [2.24, 2.45) is 0 Å². The number of benzene rings is 2. The van der Waals surface area contributed by atoms with E-state index in [-0.39, 0.29) is 17.8 Å². The number of ether oxygens (including phenoxy) is 2. The zero-order chi connectivity index (χ0) is 18.4. The number of carbonyl (C=O) groups is 1. The lowest BCUT2D eigenvalue weighted by Gasteiger charge is -2.26. The number of rotatable bonds is 2. The van der Waals surface area contributed by atoms with Gasteiger partial charge in [0.15, 0.2) is 11.5 Å². The molecule has 1 aromatic heterocycles. The van der Waals surface area contributed by atoms with Gasteiger partial charge in [0.2, 0.25) is 0 Å². The minimum atomic E-state index is -0.285. The Kier molecular flexibility index (Phi) is 4.01. The Morgan fingerprint density at radius 1 is 1.11 bits per heavy atom. The number of thiophene rings is 1. The van der Waals surface area contributed by atoms with Crippen molar-refractivity contribution >= 4 is 27.3 Å². The summed E-state index contributed by atoms with van der Waals surface area (Å²) in [6.45, 7) is 1.80. The summed E-state index contributed by atoms with van der Waals surface area (Å²) in [7, 11) is 0. The van der Waals surface area contributed by atoms with Crippen LogP contribution >= 0.6 is 11.3 Å². The summed E-state index contributed by atoms with van der Waals surface area (Å²) >= 11 is 1.35. The van der Waals surface area contributed by atoms with E-state index in [2.05, 4.69) is 0 Å². The maximum Gasteiger partial charge on any atom is 0.264 e. The predicted octanol–water partition coefficient (Wildman–Crippen LogP) is 4.79. The van der Waals surface area contributed by atoms with Gasteiger partial charge in [-0.05, 0) is 48.7 Å². The summed E-state index contributed by atoms with van der Waals surface area (Å²) in [5.41, 5.74) is 1.05. The molecule has 1 amide bonds. The van der Waals surface area contributed by atoms with Crippen LogP contribution in [0, 0.1) is 5.82 Å². The van der Waals surface area contributed by atoms with E-state index in [4.69, 9.17) is 9.47 Å². The van der Waals surface area contributed by atoms with Crippen LogP contribution in [0.3, 0.4) is 0 Å². The second-order valence-corrected chi connectivity index (χ2v) is 7.91. The van der Waals surface area contributed by atoms with Gasteiger partial charge in [0.05, 0.1) is 10.9 Å². The molecule has 0 unspecified atom stereocenters. The van der Waals surface area contributed by atoms with E-state index < -0.39 is 0 Å². The zero-order valence-corrected chi connectivity index (χ0v) is 15.4. The third kappa shape index (κ3) is 2.84. The monoisotopic (exact) mass is 383 g/mol. The third-order valence-corrected chi connectivity index (χ3v) is 6.27. The topological polar surface area (TPSA) is 38.8 Å². The molecule has 3 heterocycles. The van der Waals surface area contributed by atoms with Crippen LogP contribution in [0.2, 0.25) is 0 Å². The number of carbonyl (C=O) groups excluding carboxylic acids is 1. The molecule has 27 heavy (non-hydrogen) atoms. The molecular weight excluding hydrogens is 365 g/mol. The molecule has 1 saturated heterocycles. The maximum absolute atomic E-state index is 14.0. The van der Waals surface area contributed by atoms with E-state index in [1.165, 1.54) is 17.4 Å². The summed E-state index contributed by atoms with van der Waals surface area (Å²) in [5.74, 6) is 1.17. The zero-order valence-electron chi connectivity index (χ0n) is 14.6. The van der Waals surface area contributed by atoms with Crippen molar-refractivity contribution in [3.8, 4) is 11.5 Å². The molecule has 2 aliphatic rings. The second-order valence-electron chi connectivity index (χ2n) is 6.82. The van der Waals surface area contributed by atoms with Crippen molar-refractivity contribution in [2.75, 3.05) is 19.8 Å². The molecule has 5 rings (SSSR count). The molecule has 138 valence electrons. The number of nitrogens with zero attached hydrogens (tertiary/aromatic N) is 1. The normalized spacial score (nSPS) is 18.9. The Morgan fingerprint density at radius 3 is 2.81 bits per heavy atom. The van der Waals surface area contributed by atoms with E-state index in [9.17, 15) is 9.18 Å². The fourth-order valence-electron chi connectivity index (χ4n) is 3.90. The molecule has 4 nitrogen and oxygen atoms in total. The summed E-state index contributed by atoms with van der Waals surface area (Å²) in [5, 5.41) is 0.515. The van der Waals surface area contributed by atoms with E-state index in [0.717, 1.165) is 34.6 Å². The Bertz CT molecular complexity index is 1030. The van der Waals surface area contributed by atoms with Crippen LogP contribution in [0.4, 0.5) is 4.39 Å². The van der Waals surface area contributed by atoms with Crippen LogP contribution in [0.5, 0.6) is 11.5 Å². The van der Waals surface area contributed by atoms with Gasteiger partial charge >= 0.3 is 0 Å². The average molecular weight is 383 g/mol. The van der Waals surface area contributed by atoms with Crippen molar-refractivity contribution in [3.05, 3.63) is 58.7 Å². The van der Waals surface area contributed by atoms with Gasteiger partial charge in [-0.1, -0.05) is 12.1 Å². The molecule has 3 aromatic rings. The van der Waals surface area contributed by atoms with Crippen LogP contribution in [0.1, 0.15) is 34.1 Å². The van der Waals surface area contributed by atoms with Gasteiger partial charge in [-0.15, -0.1) is 11.3 Å². The fraction of sp³-hybridized carbons (Fsp3) is 0.286. The summed E-state index contributed by atoms with van der Waals surface area (Å²) in [4.78, 5) is 15.6. The number of likely N-dealkylation sites (tertiary alicyclic amines) is 1. The van der Waals surface area contributed by atoms with Crippen LogP contribution in [0.25, 0.3) is 10.1 Å². The van der Waals surface area contributed by atoms with Gasteiger partial charge in [-0.2, -0.15) is 0 Å². The number of hydrogen-bond donors (Lipinski definition) is 0. The van der Waals surface area contributed by atoms with Crippen molar-refractivity contribution in [2.45, 2.75) is 18.9 Å². The largest absolute Gasteiger partial charge is 0.486 e. The van der Waals surface area contributed by atoms with E-state index in [0.29, 0.717) is 30.0 Å². The van der Waals surface area contributed by atoms with Crippen LogP contribution in [-0.2, 0) is 0 Å². The molecule has 6 heteroatoms. The number of amides is 1. The highest BCUT2D eigenvalue weighted by Crippen LogP contribution is 2.39. The quantitative estimate of drug-likeness (QED) is 0.639. The highest BCUT2D eigenvalue weighted by molar-refractivity contribution is 7.20. The molecule has 2 aromatic carbocycles. The Morgan fingerprint density at radius 2 is 1.96 bits per heavy atom. The Hall–Kier alpha value is -2.60. The molecule has 1 atom stereocenters. The fourth-order valence-corrected chi connectivity index (χ4v) is 4.93. The molecule has 0 N–H and O–H groups in total. The van der Waals surface area contributed by atoms with Crippen LogP contribution < -0.4 is 9.47 Å². The summed E-state index contributed by atoms with van der Waals surface area (Å²) in [6, 6.07) is 12.5. The lowest BCUT2D eigenvalue weighted by molar-refractivity contribution is 0.0740. The molecule has 0 aliphatic carbocycles. The summed E-state index contributed by atoms with van der Waals surface area (Å²) in [6.07, 6.45) is 1.86. The Balaban J connectivity index is 1.46. The SMILES string of the molecule is O=C(c1cc2c(F)cccc2s1)N1CCC[C@@H]1c1ccc2c(c1)OCCO2. The highest BCUT2D eigenvalue weighted by atomic mass is 32.1. The first kappa shape index (κ1) is 16.6. The molecule has 2 aliphatic heterocycles. The maximum atomic E-state index is 14.0. The van der Waals surface area contributed by atoms with E-state index in [1.807, 2.05) is 29.2 Å². The average Bonchev–Trinajstić information content (AvgIpc) is 3.35. The first-order chi connectivity index (χ1) is 13.2. The van der Waals surface area contributed by atoms with Crippen molar-refractivity contribution in [3.63, 3.8) is 0 Å². The highest BCUT2D eigenvalue weighted by Gasteiger charge is 2.32. The van der Waals surface area contributed by atoms with Crippen LogP contribution in [-0.4, -0.2) is 30.6 Å². The van der Waals surface area contributed by atoms with Gasteiger partial charge in [-0.25, -0.2) is 4.39 Å². The Labute approximate surface area is 160 Å². The van der Waals surface area contributed by atoms with Gasteiger partial charge in [0, 0.05) is 16.6 Å². The van der Waals surface area contributed by atoms with E-state index in [1.54, 1.807) is 12.1 Å². The molecular formula is C21H18FNO3S. The van der Waals surface area contributed by atoms with Crippen molar-refractivity contribution in [1.29, 1.82) is 0 Å². The third-order valence-electron chi connectivity index (χ3n) is 5.18. The van der Waals surface area contributed by atoms with Gasteiger partial charge in [-0.3, -0.25) is 4.79 Å². The molecule has 1 fully saturated rings. The standard InChI is InChI=1S/C21H18FNO3S/c22-15-3-1-5-19-14(15)12-20(27-19)21(24)23-8-2-4-16(23)13-6-7-17-18(11-13)26-10-9-25-17/h1,3,5-7,11-12,16H,2,4,8-10H2/t16-/m1/s1. The first-order valence-electron chi connectivity index (χ1n) is 9.09. The molecule has 0 bridgehead atoms. The summed E-state index contributed by atoms with van der Waals surface area (Å²) < 4.78 is 26.1. The van der Waals surface area contributed by atoms with Gasteiger partial charge < -0.3 is 14.4 Å². The minimum absolute atomic E-state index is 0.00313. The second kappa shape index (κ2) is 6.53. The number of fused-ring (bicyclic) bond motifs is 2. The van der Waals surface area contributed by atoms with Crippen molar-refractivity contribution < 1.29 is 18.7 Å². The first-order valence-corrected chi connectivity index (χ1v) is 9.91. The number of halogens is 1. The lowest BCUT2D eigenvalue weighted by Crippen LogP contribution is -2.30. The van der Waals surface area contributed by atoms with Crippen molar-refractivity contribution in [1.82, 2.24) is 4.90 Å². The van der Waals surface area contributed by atoms with Gasteiger partial charge in [0.25, 0.3) is 5.91 Å².